The van der Waals surface area contributed by atoms with Gasteiger partial charge < -0.3 is 14.5 Å². The summed E-state index contributed by atoms with van der Waals surface area (Å²) >= 11 is 0. The standard InChI is InChI=1S/C65H42N10O/c1-3-21-58-42(15-1)35-43-16-2-4-22-59(43)74(58)46-27-29-48(50(36-46)54-38-56(52-19-9-11-33-68-52)72-64(70-54)44-17-13-31-66-40-44)49-30-28-47(75-60-23-5-7-25-62(60)76-63-26-8-6-24-61(63)75)37-51(49)55-39-57(53-20-10-12-34-69-53)73-65(71-55)45-18-14-32-67-41-45/h1-34,36-41H,35H2. The molecule has 76 heavy (non-hydrogen) atoms. The molecule has 6 aromatic heterocycles. The normalized spacial score (nSPS) is 12.2. The highest BCUT2D eigenvalue weighted by Crippen LogP contribution is 2.53. The van der Waals surface area contributed by atoms with Gasteiger partial charge in [-0.15, -0.1) is 0 Å². The predicted molar refractivity (Wildman–Crippen MR) is 299 cm³/mol. The zero-order chi connectivity index (χ0) is 50.4. The van der Waals surface area contributed by atoms with E-state index in [1.807, 2.05) is 109 Å². The fourth-order valence-corrected chi connectivity index (χ4v) is 10.3. The van der Waals surface area contributed by atoms with Crippen molar-refractivity contribution in [2.45, 2.75) is 6.42 Å². The molecule has 11 heteroatoms. The van der Waals surface area contributed by atoms with Gasteiger partial charge in [0.1, 0.15) is 0 Å². The Bertz CT molecular complexity index is 3670. The highest BCUT2D eigenvalue weighted by Gasteiger charge is 2.29. The van der Waals surface area contributed by atoms with Crippen LogP contribution < -0.4 is 14.5 Å². The second-order valence-corrected chi connectivity index (χ2v) is 18.4. The molecule has 12 aromatic rings. The number of fused-ring (bicyclic) bond motifs is 4. The van der Waals surface area contributed by atoms with Crippen LogP contribution in [0.4, 0.5) is 34.1 Å². The molecule has 6 aromatic carbocycles. The van der Waals surface area contributed by atoms with E-state index in [1.165, 1.54) is 11.1 Å². The van der Waals surface area contributed by atoms with Crippen LogP contribution in [0, 0.1) is 0 Å². The summed E-state index contributed by atoms with van der Waals surface area (Å²) in [5, 5.41) is 0. The quantitative estimate of drug-likeness (QED) is 0.137. The van der Waals surface area contributed by atoms with Crippen LogP contribution in [0.25, 0.3) is 79.2 Å². The van der Waals surface area contributed by atoms with Crippen molar-refractivity contribution in [2.75, 3.05) is 9.80 Å². The van der Waals surface area contributed by atoms with Crippen LogP contribution in [0.5, 0.6) is 11.5 Å². The van der Waals surface area contributed by atoms with Crippen LogP contribution in [0.2, 0.25) is 0 Å². The number of hydrogen-bond donors (Lipinski definition) is 0. The van der Waals surface area contributed by atoms with Crippen molar-refractivity contribution in [1.82, 2.24) is 39.9 Å². The van der Waals surface area contributed by atoms with Crippen molar-refractivity contribution in [3.05, 3.63) is 255 Å². The molecule has 0 unspecified atom stereocenters. The van der Waals surface area contributed by atoms with E-state index in [-0.39, 0.29) is 0 Å². The SMILES string of the molecule is c1ccc(-c2cc(-c3cc(N4c5ccccc5Cc5ccccc54)ccc3-c3ccc(N4c5ccccc5Oc5ccccc54)cc3-c3cc(-c4ccccn4)nc(-c4cccnc4)n3)nc(-c3cccnc3)n2)nc1. The molecule has 0 radical (unpaired) electrons. The van der Waals surface area contributed by atoms with Gasteiger partial charge >= 0.3 is 0 Å². The van der Waals surface area contributed by atoms with E-state index in [0.717, 1.165) is 91.1 Å². The minimum absolute atomic E-state index is 0.514. The van der Waals surface area contributed by atoms with Crippen molar-refractivity contribution < 1.29 is 4.74 Å². The minimum atomic E-state index is 0.514. The van der Waals surface area contributed by atoms with Crippen LogP contribution in [0.15, 0.2) is 243 Å². The summed E-state index contributed by atoms with van der Waals surface area (Å²) in [6.45, 7) is 0. The van der Waals surface area contributed by atoms with Gasteiger partial charge in [0.05, 0.1) is 45.5 Å². The van der Waals surface area contributed by atoms with Crippen molar-refractivity contribution in [2.24, 2.45) is 0 Å². The lowest BCUT2D eigenvalue weighted by molar-refractivity contribution is 0.477. The van der Waals surface area contributed by atoms with Gasteiger partial charge in [-0.25, -0.2) is 19.9 Å². The number of para-hydroxylation sites is 6. The first-order valence-corrected chi connectivity index (χ1v) is 25.0. The fourth-order valence-electron chi connectivity index (χ4n) is 10.3. The van der Waals surface area contributed by atoms with E-state index in [0.29, 0.717) is 40.1 Å². The maximum absolute atomic E-state index is 6.52. The summed E-state index contributed by atoms with van der Waals surface area (Å²) in [5.41, 5.74) is 17.6. The molecule has 0 atom stereocenters. The molecule has 0 amide bonds. The monoisotopic (exact) mass is 978 g/mol. The van der Waals surface area contributed by atoms with Crippen molar-refractivity contribution >= 4 is 34.1 Å². The molecule has 0 saturated carbocycles. The largest absolute Gasteiger partial charge is 0.453 e. The lowest BCUT2D eigenvalue weighted by atomic mass is 9.89. The summed E-state index contributed by atoms with van der Waals surface area (Å²) in [4.78, 5) is 44.4. The Morgan fingerprint density at radius 3 is 1.22 bits per heavy atom. The maximum Gasteiger partial charge on any atom is 0.162 e. The lowest BCUT2D eigenvalue weighted by Gasteiger charge is -2.34. The average Bonchev–Trinajstić information content (AvgIpc) is 3.51. The van der Waals surface area contributed by atoms with Gasteiger partial charge in [-0.3, -0.25) is 19.9 Å². The summed E-state index contributed by atoms with van der Waals surface area (Å²) in [7, 11) is 0. The van der Waals surface area contributed by atoms with Crippen LogP contribution in [-0.4, -0.2) is 39.9 Å². The molecule has 14 rings (SSSR count). The second-order valence-electron chi connectivity index (χ2n) is 18.4. The van der Waals surface area contributed by atoms with Crippen molar-refractivity contribution in [3.8, 4) is 90.7 Å². The lowest BCUT2D eigenvalue weighted by Crippen LogP contribution is -2.18. The van der Waals surface area contributed by atoms with Gasteiger partial charge in [-0.2, -0.15) is 0 Å². The van der Waals surface area contributed by atoms with E-state index < -0.39 is 0 Å². The van der Waals surface area contributed by atoms with Crippen molar-refractivity contribution in [1.29, 1.82) is 0 Å². The van der Waals surface area contributed by atoms with E-state index in [9.17, 15) is 0 Å². The van der Waals surface area contributed by atoms with Crippen LogP contribution in [-0.2, 0) is 6.42 Å². The van der Waals surface area contributed by atoms with E-state index in [4.69, 9.17) is 34.6 Å². The van der Waals surface area contributed by atoms with Crippen LogP contribution >= 0.6 is 0 Å². The molecule has 2 aliphatic heterocycles. The minimum Gasteiger partial charge on any atom is -0.453 e. The summed E-state index contributed by atoms with van der Waals surface area (Å²) in [6.07, 6.45) is 11.5. The Hall–Kier alpha value is -10.5. The second kappa shape index (κ2) is 18.8. The molecule has 0 N–H and O–H groups in total. The summed E-state index contributed by atoms with van der Waals surface area (Å²) in [6, 6.07) is 70.4. The number of hydrogen-bond acceptors (Lipinski definition) is 11. The topological polar surface area (TPSA) is 119 Å². The van der Waals surface area contributed by atoms with Crippen LogP contribution in [0.1, 0.15) is 11.1 Å². The molecule has 8 heterocycles. The van der Waals surface area contributed by atoms with Gasteiger partial charge in [0, 0.05) is 88.6 Å². The Kier molecular flexibility index (Phi) is 10.9. The molecule has 0 aliphatic carbocycles. The number of pyridine rings is 4. The van der Waals surface area contributed by atoms with Gasteiger partial charge in [0.15, 0.2) is 23.1 Å². The zero-order valence-electron chi connectivity index (χ0n) is 40.7. The highest BCUT2D eigenvalue weighted by atomic mass is 16.5. The van der Waals surface area contributed by atoms with Crippen molar-refractivity contribution in [3.63, 3.8) is 0 Å². The molecule has 0 fully saturated rings. The smallest absolute Gasteiger partial charge is 0.162 e. The zero-order valence-corrected chi connectivity index (χ0v) is 40.7. The number of rotatable bonds is 9. The molecule has 0 bridgehead atoms. The number of aromatic nitrogens is 8. The summed E-state index contributed by atoms with van der Waals surface area (Å²) < 4.78 is 6.52. The third kappa shape index (κ3) is 8.05. The average molecular weight is 979 g/mol. The summed E-state index contributed by atoms with van der Waals surface area (Å²) in [5.74, 6) is 2.54. The Balaban J connectivity index is 1.07. The van der Waals surface area contributed by atoms with Gasteiger partial charge in [-0.05, 0) is 144 Å². The Morgan fingerprint density at radius 1 is 0.329 bits per heavy atom. The maximum atomic E-state index is 6.52. The van der Waals surface area contributed by atoms with Crippen LogP contribution in [0.3, 0.4) is 0 Å². The predicted octanol–water partition coefficient (Wildman–Crippen LogP) is 15.5. The molecule has 0 spiro atoms. The number of benzene rings is 6. The van der Waals surface area contributed by atoms with E-state index in [1.54, 1.807) is 37.2 Å². The number of anilines is 6. The third-order valence-electron chi connectivity index (χ3n) is 13.8. The molecule has 0 saturated heterocycles. The van der Waals surface area contributed by atoms with Gasteiger partial charge in [-0.1, -0.05) is 84.9 Å². The van der Waals surface area contributed by atoms with Gasteiger partial charge in [0.25, 0.3) is 0 Å². The third-order valence-corrected chi connectivity index (χ3v) is 13.8. The molecule has 11 nitrogen and oxygen atoms in total. The molecule has 358 valence electrons. The Morgan fingerprint density at radius 2 is 0.763 bits per heavy atom. The van der Waals surface area contributed by atoms with E-state index in [2.05, 4.69) is 117 Å². The first-order valence-electron chi connectivity index (χ1n) is 25.0. The number of nitrogens with zero attached hydrogens (tertiary/aromatic N) is 10. The molecule has 2 aliphatic rings. The Labute approximate surface area is 438 Å². The molecular formula is C65H42N10O. The van der Waals surface area contributed by atoms with Gasteiger partial charge in [0.2, 0.25) is 0 Å². The first-order chi connectivity index (χ1) is 37.7. The number of ether oxygens (including phenoxy) is 1. The van der Waals surface area contributed by atoms with E-state index >= 15 is 0 Å². The highest BCUT2D eigenvalue weighted by molar-refractivity contribution is 5.97. The first kappa shape index (κ1) is 44.2. The fraction of sp³-hybridized carbons (Fsp3) is 0.0154. The molecular weight excluding hydrogens is 937 g/mol.